The highest BCUT2D eigenvalue weighted by molar-refractivity contribution is 7.56. The highest BCUT2D eigenvalue weighted by Gasteiger charge is 2.38. The van der Waals surface area contributed by atoms with Crippen LogP contribution in [0.3, 0.4) is 0 Å². The fourth-order valence-electron chi connectivity index (χ4n) is 1.85. The maximum Gasteiger partial charge on any atom is 0.470 e. The Morgan fingerprint density at radius 1 is 1.26 bits per heavy atom. The number of halogens is 3. The van der Waals surface area contributed by atoms with Crippen LogP contribution in [0.15, 0.2) is 28.7 Å². The van der Waals surface area contributed by atoms with Crippen molar-refractivity contribution in [2.24, 2.45) is 0 Å². The monoisotopic (exact) mass is 349 g/mol. The minimum atomic E-state index is -4.68. The Bertz CT molecular complexity index is 700. The van der Waals surface area contributed by atoms with Gasteiger partial charge in [0.1, 0.15) is 0 Å². The second-order valence-electron chi connectivity index (χ2n) is 4.58. The van der Waals surface area contributed by atoms with E-state index in [2.05, 4.69) is 19.7 Å². The lowest BCUT2D eigenvalue weighted by Gasteiger charge is -2.16. The van der Waals surface area contributed by atoms with E-state index in [9.17, 15) is 17.7 Å². The molecule has 2 aromatic rings. The molecule has 1 heterocycles. The van der Waals surface area contributed by atoms with Crippen molar-refractivity contribution in [1.29, 1.82) is 0 Å². The average molecular weight is 349 g/mol. The topological polar surface area (TPSA) is 77.2 Å². The average Bonchev–Trinajstić information content (AvgIpc) is 2.98. The van der Waals surface area contributed by atoms with Gasteiger partial charge in [-0.3, -0.25) is 4.57 Å². The van der Waals surface area contributed by atoms with E-state index < -0.39 is 19.6 Å². The van der Waals surface area contributed by atoms with E-state index in [1.807, 2.05) is 0 Å². The molecule has 126 valence electrons. The Morgan fingerprint density at radius 2 is 1.91 bits per heavy atom. The van der Waals surface area contributed by atoms with Crippen LogP contribution in [-0.4, -0.2) is 23.9 Å². The van der Waals surface area contributed by atoms with E-state index in [4.69, 9.17) is 4.52 Å². The van der Waals surface area contributed by atoms with Gasteiger partial charge in [0.15, 0.2) is 0 Å². The molecule has 0 fully saturated rings. The zero-order valence-electron chi connectivity index (χ0n) is 12.4. The molecule has 0 saturated carbocycles. The Kier molecular flexibility index (Phi) is 5.23. The third kappa shape index (κ3) is 4.40. The number of hydrogen-bond donors (Lipinski definition) is 1. The Labute approximate surface area is 130 Å². The maximum atomic E-state index is 12.4. The van der Waals surface area contributed by atoms with Crippen LogP contribution in [0.1, 0.15) is 18.4 Å². The van der Waals surface area contributed by atoms with E-state index >= 15 is 0 Å². The molecule has 1 N–H and O–H groups in total. The van der Waals surface area contributed by atoms with Crippen LogP contribution in [0.5, 0.6) is 0 Å². The molecular weight excluding hydrogens is 334 g/mol. The number of nitrogens with zero attached hydrogens (tertiary/aromatic N) is 2. The van der Waals surface area contributed by atoms with Gasteiger partial charge in [-0.05, 0) is 31.7 Å². The van der Waals surface area contributed by atoms with Crippen LogP contribution < -0.4 is 5.09 Å². The van der Waals surface area contributed by atoms with Crippen molar-refractivity contribution in [2.75, 3.05) is 13.7 Å². The van der Waals surface area contributed by atoms with E-state index in [0.717, 1.165) is 0 Å². The van der Waals surface area contributed by atoms with Crippen LogP contribution in [0.4, 0.5) is 13.2 Å². The molecule has 10 heteroatoms. The van der Waals surface area contributed by atoms with E-state index in [-0.39, 0.29) is 12.1 Å². The van der Waals surface area contributed by atoms with Gasteiger partial charge in [0.05, 0.1) is 12.8 Å². The van der Waals surface area contributed by atoms with Crippen molar-refractivity contribution in [3.05, 3.63) is 35.7 Å². The minimum Gasteiger partial charge on any atom is -0.413 e. The molecule has 6 nitrogen and oxygen atoms in total. The zero-order valence-corrected chi connectivity index (χ0v) is 13.3. The molecule has 1 unspecified atom stereocenters. The smallest absolute Gasteiger partial charge is 0.413 e. The molecule has 23 heavy (non-hydrogen) atoms. The van der Waals surface area contributed by atoms with Crippen molar-refractivity contribution in [2.45, 2.75) is 19.3 Å². The van der Waals surface area contributed by atoms with Crippen molar-refractivity contribution in [3.63, 3.8) is 0 Å². The molecule has 1 aromatic carbocycles. The summed E-state index contributed by atoms with van der Waals surface area (Å²) in [5.41, 5.74) is 1.04. The van der Waals surface area contributed by atoms with Gasteiger partial charge in [0, 0.05) is 5.56 Å². The van der Waals surface area contributed by atoms with E-state index in [1.165, 1.54) is 12.1 Å². The lowest BCUT2D eigenvalue weighted by molar-refractivity contribution is -0.156. The second kappa shape index (κ2) is 6.82. The fourth-order valence-corrected chi connectivity index (χ4v) is 3.33. The summed E-state index contributed by atoms with van der Waals surface area (Å²) in [5.74, 6) is -1.63. The van der Waals surface area contributed by atoms with Crippen molar-refractivity contribution < 1.29 is 26.7 Å². The molecule has 1 atom stereocenters. The SMILES string of the molecule is CCOP(=O)(Cc1ccc(-c2nnc(C(F)(F)F)o2)cc1)NC. The molecule has 0 aliphatic rings. The van der Waals surface area contributed by atoms with Crippen LogP contribution >= 0.6 is 7.52 Å². The summed E-state index contributed by atoms with van der Waals surface area (Å²) in [6, 6.07) is 6.29. The number of nitrogens with one attached hydrogen (secondary N) is 1. The van der Waals surface area contributed by atoms with Crippen molar-refractivity contribution in [1.82, 2.24) is 15.3 Å². The van der Waals surface area contributed by atoms with Gasteiger partial charge in [0.25, 0.3) is 7.52 Å². The molecule has 0 spiro atoms. The summed E-state index contributed by atoms with van der Waals surface area (Å²) in [4.78, 5) is 0. The molecule has 0 saturated heterocycles. The van der Waals surface area contributed by atoms with Crippen LogP contribution in [-0.2, 0) is 21.4 Å². The summed E-state index contributed by atoms with van der Waals surface area (Å²) in [7, 11) is -1.43. The summed E-state index contributed by atoms with van der Waals surface area (Å²) in [6.07, 6.45) is -4.52. The van der Waals surface area contributed by atoms with Gasteiger partial charge in [-0.15, -0.1) is 10.2 Å². The highest BCUT2D eigenvalue weighted by atomic mass is 31.2. The van der Waals surface area contributed by atoms with Gasteiger partial charge < -0.3 is 8.94 Å². The molecule has 0 bridgehead atoms. The normalized spacial score (nSPS) is 14.7. The quantitative estimate of drug-likeness (QED) is 0.801. The highest BCUT2D eigenvalue weighted by Crippen LogP contribution is 2.45. The van der Waals surface area contributed by atoms with Gasteiger partial charge in [-0.25, -0.2) is 5.09 Å². The summed E-state index contributed by atoms with van der Waals surface area (Å²) in [5, 5.41) is 9.00. The molecular formula is C13H15F3N3O3P. The zero-order chi connectivity index (χ0) is 17.1. The molecule has 0 radical (unpaired) electrons. The van der Waals surface area contributed by atoms with E-state index in [0.29, 0.717) is 17.7 Å². The Hall–Kier alpha value is -1.70. The first kappa shape index (κ1) is 17.7. The fraction of sp³-hybridized carbons (Fsp3) is 0.385. The molecule has 2 rings (SSSR count). The largest absolute Gasteiger partial charge is 0.470 e. The Morgan fingerprint density at radius 3 is 2.39 bits per heavy atom. The maximum absolute atomic E-state index is 12.4. The first-order valence-electron chi connectivity index (χ1n) is 6.70. The first-order valence-corrected chi connectivity index (χ1v) is 8.51. The summed E-state index contributed by atoms with van der Waals surface area (Å²) >= 11 is 0. The third-order valence-electron chi connectivity index (χ3n) is 2.94. The molecule has 1 aromatic heterocycles. The number of alkyl halides is 3. The number of benzene rings is 1. The molecule has 0 aliphatic heterocycles. The number of hydrogen-bond acceptors (Lipinski definition) is 5. The van der Waals surface area contributed by atoms with Crippen molar-refractivity contribution in [3.8, 4) is 11.5 Å². The second-order valence-corrected chi connectivity index (χ2v) is 6.95. The van der Waals surface area contributed by atoms with E-state index in [1.54, 1.807) is 26.1 Å². The predicted octanol–water partition coefficient (Wildman–Crippen LogP) is 3.70. The summed E-state index contributed by atoms with van der Waals surface area (Å²) in [6.45, 7) is 2.04. The van der Waals surface area contributed by atoms with Gasteiger partial charge >= 0.3 is 12.1 Å². The lowest BCUT2D eigenvalue weighted by atomic mass is 10.1. The standard InChI is InChI=1S/C13H15F3N3O3P/c1-3-21-23(20,17-2)8-9-4-6-10(7-5-9)11-18-19-12(22-11)13(14,15)16/h4-7H,3,8H2,1-2H3,(H,17,20). The predicted molar refractivity (Wildman–Crippen MR) is 76.7 cm³/mol. The van der Waals surface area contributed by atoms with Gasteiger partial charge in [0.2, 0.25) is 5.89 Å². The van der Waals surface area contributed by atoms with Gasteiger partial charge in [-0.1, -0.05) is 12.1 Å². The lowest BCUT2D eigenvalue weighted by Crippen LogP contribution is -2.08. The van der Waals surface area contributed by atoms with Gasteiger partial charge in [-0.2, -0.15) is 13.2 Å². The van der Waals surface area contributed by atoms with Crippen LogP contribution in [0.2, 0.25) is 0 Å². The molecule has 0 aliphatic carbocycles. The van der Waals surface area contributed by atoms with Crippen LogP contribution in [0, 0.1) is 0 Å². The number of aromatic nitrogens is 2. The van der Waals surface area contributed by atoms with Crippen LogP contribution in [0.25, 0.3) is 11.5 Å². The number of rotatable bonds is 6. The third-order valence-corrected chi connectivity index (χ3v) is 5.08. The van der Waals surface area contributed by atoms with Crippen molar-refractivity contribution >= 4 is 7.52 Å². The summed E-state index contributed by atoms with van der Waals surface area (Å²) < 4.78 is 59.4. The Balaban J connectivity index is 2.16. The first-order chi connectivity index (χ1) is 10.8. The molecule has 0 amide bonds. The minimum absolute atomic E-state index is 0.162.